The summed E-state index contributed by atoms with van der Waals surface area (Å²) in [5.74, 6) is 2.20. The average Bonchev–Trinajstić information content (AvgIpc) is 2.49. The highest BCUT2D eigenvalue weighted by Gasteiger charge is 2.14. The van der Waals surface area contributed by atoms with Crippen LogP contribution in [0.15, 0.2) is 18.2 Å². The van der Waals surface area contributed by atoms with Crippen LogP contribution in [-0.4, -0.2) is 39.1 Å². The molecule has 1 aromatic rings. The number of ether oxygens (including phenoxy) is 3. The van der Waals surface area contributed by atoms with Gasteiger partial charge in [-0.15, -0.1) is 0 Å². The maximum absolute atomic E-state index is 9.46. The van der Waals surface area contributed by atoms with Gasteiger partial charge in [-0.1, -0.05) is 19.9 Å². The fourth-order valence-electron chi connectivity index (χ4n) is 2.16. The first-order chi connectivity index (χ1) is 10.1. The van der Waals surface area contributed by atoms with E-state index < -0.39 is 0 Å². The second-order valence-corrected chi connectivity index (χ2v) is 5.57. The highest BCUT2D eigenvalue weighted by molar-refractivity contribution is 5.43. The number of aliphatic hydroxyl groups is 1. The van der Waals surface area contributed by atoms with E-state index in [1.54, 1.807) is 14.2 Å². The van der Waals surface area contributed by atoms with Crippen molar-refractivity contribution in [1.29, 1.82) is 0 Å². The molecule has 0 aliphatic heterocycles. The Morgan fingerprint density at radius 1 is 1.10 bits per heavy atom. The van der Waals surface area contributed by atoms with Gasteiger partial charge in [-0.05, 0) is 36.0 Å². The Morgan fingerprint density at radius 3 is 2.43 bits per heavy atom. The molecule has 0 spiro atoms. The Balaban J connectivity index is 2.74. The minimum atomic E-state index is 0.202. The van der Waals surface area contributed by atoms with E-state index in [2.05, 4.69) is 13.8 Å². The summed E-state index contributed by atoms with van der Waals surface area (Å²) in [4.78, 5) is 0. The summed E-state index contributed by atoms with van der Waals surface area (Å²) in [5.41, 5.74) is 1.16. The van der Waals surface area contributed by atoms with Gasteiger partial charge in [0.05, 0.1) is 13.7 Å². The number of hydrogen-bond donors (Lipinski definition) is 1. The highest BCUT2D eigenvalue weighted by Crippen LogP contribution is 2.30. The summed E-state index contributed by atoms with van der Waals surface area (Å²) in [7, 11) is 3.32. The lowest BCUT2D eigenvalue weighted by Crippen LogP contribution is -2.16. The second-order valence-electron chi connectivity index (χ2n) is 5.57. The van der Waals surface area contributed by atoms with Crippen LogP contribution in [0.3, 0.4) is 0 Å². The fourth-order valence-corrected chi connectivity index (χ4v) is 2.16. The molecular weight excluding hydrogens is 268 g/mol. The van der Waals surface area contributed by atoms with Gasteiger partial charge < -0.3 is 19.3 Å². The minimum Gasteiger partial charge on any atom is -0.493 e. The topological polar surface area (TPSA) is 47.9 Å². The zero-order chi connectivity index (χ0) is 15.7. The summed E-state index contributed by atoms with van der Waals surface area (Å²) in [6.45, 7) is 5.75. The van der Waals surface area contributed by atoms with E-state index in [0.717, 1.165) is 29.9 Å². The van der Waals surface area contributed by atoms with Crippen LogP contribution in [0.4, 0.5) is 0 Å². The normalized spacial score (nSPS) is 12.5. The lowest BCUT2D eigenvalue weighted by atomic mass is 9.90. The first kappa shape index (κ1) is 17.8. The molecule has 1 N–H and O–H groups in total. The van der Waals surface area contributed by atoms with Crippen molar-refractivity contribution in [3.05, 3.63) is 23.8 Å². The van der Waals surface area contributed by atoms with E-state index in [-0.39, 0.29) is 12.5 Å². The summed E-state index contributed by atoms with van der Waals surface area (Å²) in [5, 5.41) is 9.46. The van der Waals surface area contributed by atoms with Crippen molar-refractivity contribution in [2.45, 2.75) is 26.7 Å². The highest BCUT2D eigenvalue weighted by atomic mass is 16.5. The lowest BCUT2D eigenvalue weighted by Gasteiger charge is -2.19. The van der Waals surface area contributed by atoms with Crippen LogP contribution >= 0.6 is 0 Å². The van der Waals surface area contributed by atoms with E-state index in [4.69, 9.17) is 14.2 Å². The Labute approximate surface area is 128 Å². The van der Waals surface area contributed by atoms with Crippen molar-refractivity contribution in [2.24, 2.45) is 11.8 Å². The van der Waals surface area contributed by atoms with Crippen molar-refractivity contribution in [2.75, 3.05) is 34.0 Å². The number of hydrogen-bond acceptors (Lipinski definition) is 4. The van der Waals surface area contributed by atoms with Crippen molar-refractivity contribution in [3.8, 4) is 11.5 Å². The van der Waals surface area contributed by atoms with Crippen LogP contribution in [0.25, 0.3) is 0 Å². The van der Waals surface area contributed by atoms with Crippen LogP contribution in [0, 0.1) is 11.8 Å². The largest absolute Gasteiger partial charge is 0.493 e. The molecule has 0 amide bonds. The monoisotopic (exact) mass is 296 g/mol. The molecule has 0 aromatic heterocycles. The number of rotatable bonds is 10. The molecule has 0 heterocycles. The van der Waals surface area contributed by atoms with Gasteiger partial charge >= 0.3 is 0 Å². The predicted molar refractivity (Wildman–Crippen MR) is 84.1 cm³/mol. The van der Waals surface area contributed by atoms with Gasteiger partial charge in [-0.3, -0.25) is 0 Å². The molecule has 120 valence electrons. The van der Waals surface area contributed by atoms with Crippen molar-refractivity contribution >= 4 is 0 Å². The van der Waals surface area contributed by atoms with Gasteiger partial charge in [-0.25, -0.2) is 0 Å². The summed E-state index contributed by atoms with van der Waals surface area (Å²) >= 11 is 0. The standard InChI is InChI=1S/C17H28O4/c1-13(2)15(12-18)10-14-6-7-16(20-4)17(11-14)21-9-5-8-19-3/h6-7,11,13,15,18H,5,8-10,12H2,1-4H3/t15-/m0/s1. The van der Waals surface area contributed by atoms with Crippen LogP contribution < -0.4 is 9.47 Å². The molecule has 0 fully saturated rings. The molecule has 21 heavy (non-hydrogen) atoms. The molecule has 0 bridgehead atoms. The second kappa shape index (κ2) is 9.64. The van der Waals surface area contributed by atoms with E-state index >= 15 is 0 Å². The molecule has 4 heteroatoms. The maximum atomic E-state index is 9.46. The lowest BCUT2D eigenvalue weighted by molar-refractivity contribution is 0.170. The maximum Gasteiger partial charge on any atom is 0.161 e. The van der Waals surface area contributed by atoms with Crippen LogP contribution in [-0.2, 0) is 11.2 Å². The molecule has 1 atom stereocenters. The average molecular weight is 296 g/mol. The zero-order valence-electron chi connectivity index (χ0n) is 13.6. The molecule has 0 aliphatic carbocycles. The van der Waals surface area contributed by atoms with Gasteiger partial charge in [-0.2, -0.15) is 0 Å². The molecule has 0 saturated heterocycles. The van der Waals surface area contributed by atoms with Crippen molar-refractivity contribution < 1.29 is 19.3 Å². The van der Waals surface area contributed by atoms with Crippen molar-refractivity contribution in [3.63, 3.8) is 0 Å². The van der Waals surface area contributed by atoms with Gasteiger partial charge in [0.2, 0.25) is 0 Å². The number of aliphatic hydroxyl groups excluding tert-OH is 1. The molecular formula is C17H28O4. The van der Waals surface area contributed by atoms with Crippen molar-refractivity contribution in [1.82, 2.24) is 0 Å². The molecule has 0 saturated carbocycles. The Bertz CT molecular complexity index is 404. The third kappa shape index (κ3) is 5.94. The molecule has 1 aromatic carbocycles. The van der Waals surface area contributed by atoms with Gasteiger partial charge in [0, 0.05) is 26.7 Å². The van der Waals surface area contributed by atoms with Crippen LogP contribution in [0.1, 0.15) is 25.8 Å². The Hall–Kier alpha value is -1.26. The molecule has 4 nitrogen and oxygen atoms in total. The third-order valence-electron chi connectivity index (χ3n) is 3.65. The Morgan fingerprint density at radius 2 is 1.86 bits per heavy atom. The molecule has 1 rings (SSSR count). The first-order valence-corrected chi connectivity index (χ1v) is 7.51. The molecule has 0 unspecified atom stereocenters. The van der Waals surface area contributed by atoms with Crippen LogP contribution in [0.5, 0.6) is 11.5 Å². The van der Waals surface area contributed by atoms with E-state index in [1.165, 1.54) is 0 Å². The van der Waals surface area contributed by atoms with E-state index in [0.29, 0.717) is 19.1 Å². The molecule has 0 radical (unpaired) electrons. The number of benzene rings is 1. The van der Waals surface area contributed by atoms with Gasteiger partial charge in [0.25, 0.3) is 0 Å². The minimum absolute atomic E-state index is 0.202. The quantitative estimate of drug-likeness (QED) is 0.674. The summed E-state index contributed by atoms with van der Waals surface area (Å²) < 4.78 is 16.1. The number of methoxy groups -OCH3 is 2. The molecule has 0 aliphatic rings. The van der Waals surface area contributed by atoms with E-state index in [1.807, 2.05) is 18.2 Å². The fraction of sp³-hybridized carbons (Fsp3) is 0.647. The third-order valence-corrected chi connectivity index (χ3v) is 3.65. The van der Waals surface area contributed by atoms with Gasteiger partial charge in [0.15, 0.2) is 11.5 Å². The summed E-state index contributed by atoms with van der Waals surface area (Å²) in [6, 6.07) is 5.97. The summed E-state index contributed by atoms with van der Waals surface area (Å²) in [6.07, 6.45) is 1.68. The Kier molecular flexibility index (Phi) is 8.16. The van der Waals surface area contributed by atoms with E-state index in [9.17, 15) is 5.11 Å². The zero-order valence-corrected chi connectivity index (χ0v) is 13.6. The first-order valence-electron chi connectivity index (χ1n) is 7.51. The van der Waals surface area contributed by atoms with Crippen LogP contribution in [0.2, 0.25) is 0 Å². The SMILES string of the molecule is COCCCOc1cc(C[C@@H](CO)C(C)C)ccc1OC. The predicted octanol–water partition coefficient (Wildman–Crippen LogP) is 2.92. The smallest absolute Gasteiger partial charge is 0.161 e. The van der Waals surface area contributed by atoms with Gasteiger partial charge in [0.1, 0.15) is 0 Å².